The van der Waals surface area contributed by atoms with E-state index in [1.54, 1.807) is 23.2 Å². The molecule has 0 atom stereocenters. The molecule has 0 aliphatic carbocycles. The number of aromatic nitrogens is 3. The molecule has 2 aromatic carbocycles. The number of nitrogens with zero attached hydrogens (tertiary/aromatic N) is 5. The van der Waals surface area contributed by atoms with Crippen LogP contribution in [0.15, 0.2) is 48.9 Å². The summed E-state index contributed by atoms with van der Waals surface area (Å²) in [5, 5.41) is 6.51. The number of piperidine rings is 1. The minimum absolute atomic E-state index is 0.0543. The standard InChI is InChI=1S/C32H35F2N7O5S/c1-3-20-18-22(4-5-23(20)32(43)40-16-14-39(15-17-40)31(42)21-8-10-35-11-9-21)38-29-30-37-19-25(41(30)13-12-36-29)24-6-7-26(28(34)27(24)33)46-47(2,44)45/h4-7,12-13,18-19,21,35H,3,8-11,14-17H2,1-2H3,(H,36,38). The molecule has 6 rings (SSSR count). The number of rotatable bonds is 8. The molecule has 47 heavy (non-hydrogen) atoms. The number of amides is 2. The number of hydrogen-bond donors (Lipinski definition) is 2. The summed E-state index contributed by atoms with van der Waals surface area (Å²) in [4.78, 5) is 38.9. The van der Waals surface area contributed by atoms with Crippen LogP contribution in [0, 0.1) is 17.6 Å². The molecule has 0 unspecified atom stereocenters. The second-order valence-corrected chi connectivity index (χ2v) is 13.2. The van der Waals surface area contributed by atoms with Crippen molar-refractivity contribution in [3.05, 3.63) is 71.7 Å². The van der Waals surface area contributed by atoms with E-state index in [0.717, 1.165) is 43.8 Å². The van der Waals surface area contributed by atoms with E-state index in [1.807, 2.05) is 17.9 Å². The minimum atomic E-state index is -4.06. The third-order valence-electron chi connectivity index (χ3n) is 8.54. The topological polar surface area (TPSA) is 138 Å². The maximum absolute atomic E-state index is 15.1. The van der Waals surface area contributed by atoms with E-state index in [9.17, 15) is 22.4 Å². The molecule has 0 bridgehead atoms. The van der Waals surface area contributed by atoms with E-state index < -0.39 is 27.5 Å². The first-order valence-electron chi connectivity index (χ1n) is 15.4. The van der Waals surface area contributed by atoms with Crippen molar-refractivity contribution in [1.82, 2.24) is 29.5 Å². The van der Waals surface area contributed by atoms with Gasteiger partial charge >= 0.3 is 10.1 Å². The molecule has 2 N–H and O–H groups in total. The van der Waals surface area contributed by atoms with Crippen LogP contribution in [0.3, 0.4) is 0 Å². The average molecular weight is 668 g/mol. The molecule has 2 saturated heterocycles. The van der Waals surface area contributed by atoms with Crippen molar-refractivity contribution in [2.24, 2.45) is 5.92 Å². The number of fused-ring (bicyclic) bond motifs is 1. The van der Waals surface area contributed by atoms with Gasteiger partial charge in [-0.1, -0.05) is 6.92 Å². The van der Waals surface area contributed by atoms with Gasteiger partial charge in [-0.3, -0.25) is 14.0 Å². The molecule has 2 aliphatic heterocycles. The smallest absolute Gasteiger partial charge is 0.306 e. The van der Waals surface area contributed by atoms with Crippen molar-refractivity contribution in [2.75, 3.05) is 50.8 Å². The first-order valence-corrected chi connectivity index (χ1v) is 17.2. The highest BCUT2D eigenvalue weighted by molar-refractivity contribution is 7.86. The largest absolute Gasteiger partial charge is 0.379 e. The van der Waals surface area contributed by atoms with Crippen LogP contribution in [0.25, 0.3) is 16.9 Å². The van der Waals surface area contributed by atoms with E-state index in [1.165, 1.54) is 22.9 Å². The van der Waals surface area contributed by atoms with E-state index in [-0.39, 0.29) is 29.0 Å². The molecular weight excluding hydrogens is 632 g/mol. The second kappa shape index (κ2) is 13.2. The van der Waals surface area contributed by atoms with Gasteiger partial charge in [0.1, 0.15) is 0 Å². The molecule has 4 heterocycles. The first-order chi connectivity index (χ1) is 22.5. The molecule has 2 aromatic heterocycles. The first kappa shape index (κ1) is 32.3. The normalized spacial score (nSPS) is 16.0. The van der Waals surface area contributed by atoms with Crippen LogP contribution in [0.4, 0.5) is 20.3 Å². The number of carbonyl (C=O) groups excluding carboxylic acids is 2. The van der Waals surface area contributed by atoms with Crippen LogP contribution in [0.1, 0.15) is 35.7 Å². The zero-order valence-electron chi connectivity index (χ0n) is 26.0. The summed E-state index contributed by atoms with van der Waals surface area (Å²) in [6, 6.07) is 7.66. The lowest BCUT2D eigenvalue weighted by atomic mass is 9.96. The minimum Gasteiger partial charge on any atom is -0.379 e. The monoisotopic (exact) mass is 667 g/mol. The lowest BCUT2D eigenvalue weighted by Gasteiger charge is -2.37. The molecule has 4 aromatic rings. The Hall–Kier alpha value is -4.63. The third kappa shape index (κ3) is 6.76. The number of aryl methyl sites for hydroxylation is 1. The number of imidazole rings is 1. The van der Waals surface area contributed by atoms with Gasteiger partial charge in [0.25, 0.3) is 5.91 Å². The summed E-state index contributed by atoms with van der Waals surface area (Å²) in [7, 11) is -4.06. The molecular formula is C32H35F2N7O5S. The Balaban J connectivity index is 1.18. The highest BCUT2D eigenvalue weighted by atomic mass is 32.2. The SMILES string of the molecule is CCc1cc(Nc2nccn3c(-c4ccc(OS(C)(=O)=O)c(F)c4F)cnc23)ccc1C(=O)N1CCN(C(=O)C2CCNCC2)CC1. The molecule has 2 amide bonds. The molecule has 0 spiro atoms. The fraction of sp³-hybridized carbons (Fsp3) is 0.375. The molecule has 12 nitrogen and oxygen atoms in total. The second-order valence-electron chi connectivity index (χ2n) is 11.6. The zero-order chi connectivity index (χ0) is 33.3. The highest BCUT2D eigenvalue weighted by Crippen LogP contribution is 2.32. The fourth-order valence-corrected chi connectivity index (χ4v) is 6.56. The van der Waals surface area contributed by atoms with Gasteiger partial charge < -0.3 is 24.6 Å². The van der Waals surface area contributed by atoms with Crippen molar-refractivity contribution in [1.29, 1.82) is 0 Å². The lowest BCUT2D eigenvalue weighted by Crippen LogP contribution is -2.52. The highest BCUT2D eigenvalue weighted by Gasteiger charge is 2.30. The molecule has 0 radical (unpaired) electrons. The predicted molar refractivity (Wildman–Crippen MR) is 171 cm³/mol. The van der Waals surface area contributed by atoms with E-state index in [0.29, 0.717) is 55.3 Å². The Morgan fingerprint density at radius 3 is 2.45 bits per heavy atom. The van der Waals surface area contributed by atoms with Gasteiger partial charge in [-0.2, -0.15) is 12.8 Å². The van der Waals surface area contributed by atoms with E-state index in [4.69, 9.17) is 0 Å². The predicted octanol–water partition coefficient (Wildman–Crippen LogP) is 3.60. The zero-order valence-corrected chi connectivity index (χ0v) is 26.8. The Morgan fingerprint density at radius 1 is 1.02 bits per heavy atom. The van der Waals surface area contributed by atoms with Gasteiger partial charge in [0.15, 0.2) is 23.0 Å². The number of nitrogens with one attached hydrogen (secondary N) is 2. The van der Waals surface area contributed by atoms with Crippen molar-refractivity contribution in [3.63, 3.8) is 0 Å². The van der Waals surface area contributed by atoms with E-state index >= 15 is 4.39 Å². The molecule has 2 aliphatic rings. The fourth-order valence-electron chi connectivity index (χ4n) is 6.10. The van der Waals surface area contributed by atoms with Crippen molar-refractivity contribution < 1.29 is 31.0 Å². The van der Waals surface area contributed by atoms with Crippen LogP contribution < -0.4 is 14.8 Å². The maximum Gasteiger partial charge on any atom is 0.306 e. The molecule has 2 fully saturated rings. The number of benzene rings is 2. The quantitative estimate of drug-likeness (QED) is 0.270. The Bertz CT molecular complexity index is 1940. The number of carbonyl (C=O) groups is 2. The van der Waals surface area contributed by atoms with Gasteiger partial charge in [0, 0.05) is 61.3 Å². The van der Waals surface area contributed by atoms with Crippen LogP contribution in [0.2, 0.25) is 0 Å². The summed E-state index contributed by atoms with van der Waals surface area (Å²) in [6.45, 7) is 5.67. The van der Waals surface area contributed by atoms with Crippen LogP contribution in [-0.4, -0.2) is 89.9 Å². The van der Waals surface area contributed by atoms with Gasteiger partial charge in [0.2, 0.25) is 11.7 Å². The summed E-state index contributed by atoms with van der Waals surface area (Å²) in [5.74, 6) is -2.98. The van der Waals surface area contributed by atoms with E-state index in [2.05, 4.69) is 24.8 Å². The van der Waals surface area contributed by atoms with Gasteiger partial charge in [-0.25, -0.2) is 14.4 Å². The van der Waals surface area contributed by atoms with Crippen LogP contribution in [-0.2, 0) is 21.3 Å². The molecule has 0 saturated carbocycles. The Kier molecular flexibility index (Phi) is 9.10. The summed E-state index contributed by atoms with van der Waals surface area (Å²) >= 11 is 0. The summed E-state index contributed by atoms with van der Waals surface area (Å²) in [5.41, 5.74) is 2.46. The van der Waals surface area contributed by atoms with Gasteiger partial charge in [-0.05, 0) is 68.2 Å². The molecule has 15 heteroatoms. The Labute approximate surface area is 270 Å². The average Bonchev–Trinajstić information content (AvgIpc) is 3.51. The number of hydrogen-bond acceptors (Lipinski definition) is 9. The third-order valence-corrected chi connectivity index (χ3v) is 9.02. The van der Waals surface area contributed by atoms with Crippen molar-refractivity contribution >= 4 is 39.1 Å². The Morgan fingerprint density at radius 2 is 1.74 bits per heavy atom. The van der Waals surface area contributed by atoms with Crippen LogP contribution in [0.5, 0.6) is 5.75 Å². The number of anilines is 2. The summed E-state index contributed by atoms with van der Waals surface area (Å²) < 4.78 is 58.6. The summed E-state index contributed by atoms with van der Waals surface area (Å²) in [6.07, 6.45) is 7.41. The van der Waals surface area contributed by atoms with Gasteiger partial charge in [0.05, 0.1) is 18.1 Å². The maximum atomic E-state index is 15.1. The van der Waals surface area contributed by atoms with Gasteiger partial charge in [-0.15, -0.1) is 0 Å². The van der Waals surface area contributed by atoms with Crippen molar-refractivity contribution in [3.8, 4) is 17.0 Å². The van der Waals surface area contributed by atoms with Crippen LogP contribution >= 0.6 is 0 Å². The number of piperazine rings is 1. The number of halogens is 2. The lowest BCUT2D eigenvalue weighted by molar-refractivity contribution is -0.137. The molecule has 248 valence electrons. The van der Waals surface area contributed by atoms with Crippen molar-refractivity contribution in [2.45, 2.75) is 26.2 Å².